The summed E-state index contributed by atoms with van der Waals surface area (Å²) in [5, 5.41) is 2.94. The molecule has 3 heterocycles. The molecule has 19 heavy (non-hydrogen) atoms. The van der Waals surface area contributed by atoms with Gasteiger partial charge in [0.25, 0.3) is 0 Å². The van der Waals surface area contributed by atoms with Crippen molar-refractivity contribution in [3.63, 3.8) is 0 Å². The van der Waals surface area contributed by atoms with E-state index in [4.69, 9.17) is 0 Å². The second kappa shape index (κ2) is 5.47. The molecule has 0 spiro atoms. The fourth-order valence-electron chi connectivity index (χ4n) is 2.24. The highest BCUT2D eigenvalue weighted by Gasteiger charge is 2.19. The number of anilines is 1. The maximum Gasteiger partial charge on any atom is 0.317 e. The van der Waals surface area contributed by atoms with Crippen LogP contribution in [0.4, 0.5) is 10.6 Å². The second-order valence-electron chi connectivity index (χ2n) is 5.19. The minimum Gasteiger partial charge on any atom is -0.356 e. The van der Waals surface area contributed by atoms with Crippen LogP contribution >= 0.6 is 0 Å². The number of urea groups is 1. The third-order valence-electron chi connectivity index (χ3n) is 3.82. The van der Waals surface area contributed by atoms with Crippen molar-refractivity contribution in [2.24, 2.45) is 0 Å². The summed E-state index contributed by atoms with van der Waals surface area (Å²) in [5.41, 5.74) is 1.17. The van der Waals surface area contributed by atoms with E-state index in [2.05, 4.69) is 27.3 Å². The molecule has 1 N–H and O–H groups in total. The molecule has 1 aromatic heterocycles. The predicted octanol–water partition coefficient (Wildman–Crippen LogP) is 1.25. The third-order valence-corrected chi connectivity index (χ3v) is 3.82. The minimum absolute atomic E-state index is 0.0661. The number of aromatic nitrogens is 1. The van der Waals surface area contributed by atoms with Gasteiger partial charge in [-0.1, -0.05) is 6.07 Å². The van der Waals surface area contributed by atoms with Crippen LogP contribution in [0.3, 0.4) is 0 Å². The number of hydrogen-bond donors (Lipinski definition) is 1. The molecule has 5 nitrogen and oxygen atoms in total. The molecule has 2 saturated heterocycles. The number of carbonyl (C=O) groups is 1. The topological polar surface area (TPSA) is 48.5 Å². The Morgan fingerprint density at radius 2 is 2.00 bits per heavy atom. The molecule has 3 rings (SSSR count). The lowest BCUT2D eigenvalue weighted by molar-refractivity contribution is 0.168. The van der Waals surface area contributed by atoms with Crippen molar-refractivity contribution in [3.05, 3.63) is 23.9 Å². The van der Waals surface area contributed by atoms with Crippen LogP contribution in [-0.2, 0) is 6.42 Å². The van der Waals surface area contributed by atoms with Crippen LogP contribution in [0, 0.1) is 0 Å². The summed E-state index contributed by atoms with van der Waals surface area (Å²) in [7, 11) is 0. The van der Waals surface area contributed by atoms with Crippen molar-refractivity contribution >= 4 is 11.8 Å². The first kappa shape index (κ1) is 12.3. The molecule has 2 amide bonds. The molecular weight excluding hydrogens is 240 g/mol. The Balaban J connectivity index is 1.43. The maximum atomic E-state index is 11.6. The normalized spacial score (nSPS) is 17.7. The van der Waals surface area contributed by atoms with E-state index in [-0.39, 0.29) is 6.03 Å². The fourth-order valence-corrected chi connectivity index (χ4v) is 2.24. The monoisotopic (exact) mass is 260 g/mol. The molecule has 0 aliphatic carbocycles. The minimum atomic E-state index is 0.0661. The molecule has 1 aromatic rings. The Morgan fingerprint density at radius 1 is 1.21 bits per heavy atom. The Kier molecular flexibility index (Phi) is 3.53. The first-order valence-corrected chi connectivity index (χ1v) is 7.05. The summed E-state index contributed by atoms with van der Waals surface area (Å²) >= 11 is 0. The van der Waals surface area contributed by atoms with E-state index >= 15 is 0 Å². The van der Waals surface area contributed by atoms with Crippen LogP contribution in [0.25, 0.3) is 0 Å². The van der Waals surface area contributed by atoms with Crippen LogP contribution in [0.1, 0.15) is 18.4 Å². The van der Waals surface area contributed by atoms with Gasteiger partial charge in [0.1, 0.15) is 5.82 Å². The van der Waals surface area contributed by atoms with Gasteiger partial charge in [0.15, 0.2) is 0 Å². The summed E-state index contributed by atoms with van der Waals surface area (Å²) in [5.74, 6) is 1.07. The molecule has 2 aliphatic heterocycles. The van der Waals surface area contributed by atoms with Crippen LogP contribution in [0.15, 0.2) is 18.3 Å². The van der Waals surface area contributed by atoms with E-state index in [0.29, 0.717) is 6.54 Å². The average Bonchev–Trinajstić information content (AvgIpc) is 2.27. The first-order chi connectivity index (χ1) is 9.33. The van der Waals surface area contributed by atoms with Gasteiger partial charge in [0, 0.05) is 38.9 Å². The summed E-state index contributed by atoms with van der Waals surface area (Å²) in [6, 6.07) is 4.25. The largest absolute Gasteiger partial charge is 0.356 e. The number of hydrogen-bond acceptors (Lipinski definition) is 3. The lowest BCUT2D eigenvalue weighted by atomic mass is 10.2. The second-order valence-corrected chi connectivity index (χ2v) is 5.19. The highest BCUT2D eigenvalue weighted by molar-refractivity contribution is 5.74. The van der Waals surface area contributed by atoms with Gasteiger partial charge in [0.2, 0.25) is 0 Å². The molecule has 0 aromatic carbocycles. The number of carbonyl (C=O) groups excluding carboxylic acids is 1. The van der Waals surface area contributed by atoms with Crippen molar-refractivity contribution in [1.82, 2.24) is 15.2 Å². The zero-order valence-corrected chi connectivity index (χ0v) is 11.1. The number of amides is 2. The van der Waals surface area contributed by atoms with E-state index in [1.807, 2.05) is 11.1 Å². The molecule has 5 heteroatoms. The van der Waals surface area contributed by atoms with Crippen molar-refractivity contribution in [1.29, 1.82) is 0 Å². The molecule has 2 aliphatic rings. The van der Waals surface area contributed by atoms with Crippen LogP contribution < -0.4 is 10.2 Å². The first-order valence-electron chi connectivity index (χ1n) is 7.05. The number of nitrogens with one attached hydrogen (secondary N) is 1. The van der Waals surface area contributed by atoms with E-state index in [0.717, 1.165) is 44.8 Å². The maximum absolute atomic E-state index is 11.6. The lowest BCUT2D eigenvalue weighted by Crippen LogP contribution is -2.48. The zero-order valence-electron chi connectivity index (χ0n) is 11.1. The number of nitrogens with zero attached hydrogens (tertiary/aromatic N) is 3. The summed E-state index contributed by atoms with van der Waals surface area (Å²) in [4.78, 5) is 20.2. The smallest absolute Gasteiger partial charge is 0.317 e. The lowest BCUT2D eigenvalue weighted by Gasteiger charge is -2.32. The van der Waals surface area contributed by atoms with E-state index in [9.17, 15) is 4.79 Å². The van der Waals surface area contributed by atoms with Gasteiger partial charge < -0.3 is 15.1 Å². The SMILES string of the molecule is O=C(NCCc1ccc(N2CCC2)nc1)N1CCC1. The van der Waals surface area contributed by atoms with Crippen molar-refractivity contribution < 1.29 is 4.79 Å². The third kappa shape index (κ3) is 2.80. The molecular formula is C14H20N4O. The van der Waals surface area contributed by atoms with Crippen molar-refractivity contribution in [2.75, 3.05) is 37.6 Å². The van der Waals surface area contributed by atoms with E-state index < -0.39 is 0 Å². The standard InChI is InChI=1S/C14H20N4O/c19-14(18-9-2-10-18)15-6-5-12-3-4-13(16-11-12)17-7-1-8-17/h3-4,11H,1-2,5-10H2,(H,15,19). The molecule has 0 saturated carbocycles. The van der Waals surface area contributed by atoms with Crippen LogP contribution in [0.5, 0.6) is 0 Å². The van der Waals surface area contributed by atoms with Gasteiger partial charge >= 0.3 is 6.03 Å². The van der Waals surface area contributed by atoms with Gasteiger partial charge in [-0.3, -0.25) is 0 Å². The molecule has 0 unspecified atom stereocenters. The Morgan fingerprint density at radius 3 is 2.53 bits per heavy atom. The quantitative estimate of drug-likeness (QED) is 0.886. The van der Waals surface area contributed by atoms with Gasteiger partial charge in [-0.25, -0.2) is 9.78 Å². The Hall–Kier alpha value is -1.78. The summed E-state index contributed by atoms with van der Waals surface area (Å²) in [6.07, 6.45) is 5.16. The van der Waals surface area contributed by atoms with Gasteiger partial charge in [0.05, 0.1) is 0 Å². The summed E-state index contributed by atoms with van der Waals surface area (Å²) in [6.45, 7) is 4.73. The average molecular weight is 260 g/mol. The van der Waals surface area contributed by atoms with Crippen molar-refractivity contribution in [3.8, 4) is 0 Å². The Labute approximate surface area is 113 Å². The zero-order chi connectivity index (χ0) is 13.1. The fraction of sp³-hybridized carbons (Fsp3) is 0.571. The van der Waals surface area contributed by atoms with Crippen LogP contribution in [0.2, 0.25) is 0 Å². The van der Waals surface area contributed by atoms with E-state index in [1.165, 1.54) is 12.0 Å². The van der Waals surface area contributed by atoms with Gasteiger partial charge in [-0.15, -0.1) is 0 Å². The molecule has 102 valence electrons. The highest BCUT2D eigenvalue weighted by atomic mass is 16.2. The highest BCUT2D eigenvalue weighted by Crippen LogP contribution is 2.17. The van der Waals surface area contributed by atoms with Crippen molar-refractivity contribution in [2.45, 2.75) is 19.3 Å². The molecule has 0 atom stereocenters. The van der Waals surface area contributed by atoms with E-state index in [1.54, 1.807) is 0 Å². The predicted molar refractivity (Wildman–Crippen MR) is 74.4 cm³/mol. The Bertz CT molecular complexity index is 437. The molecule has 2 fully saturated rings. The van der Waals surface area contributed by atoms with Crippen LogP contribution in [-0.4, -0.2) is 48.6 Å². The summed E-state index contributed by atoms with van der Waals surface area (Å²) < 4.78 is 0. The number of likely N-dealkylation sites (tertiary alicyclic amines) is 1. The van der Waals surface area contributed by atoms with Gasteiger partial charge in [-0.2, -0.15) is 0 Å². The molecule has 0 bridgehead atoms. The van der Waals surface area contributed by atoms with Gasteiger partial charge in [-0.05, 0) is 30.9 Å². The number of pyridine rings is 1. The molecule has 0 radical (unpaired) electrons. The number of rotatable bonds is 4.